The molecule has 2 aliphatic rings. The van der Waals surface area contributed by atoms with Gasteiger partial charge in [0.1, 0.15) is 0 Å². The molecule has 0 spiro atoms. The summed E-state index contributed by atoms with van der Waals surface area (Å²) in [5, 5.41) is 3.65. The molecular formula is C31H53N5O. The number of anilines is 2. The van der Waals surface area contributed by atoms with Crippen molar-refractivity contribution in [2.75, 3.05) is 30.4 Å². The van der Waals surface area contributed by atoms with Crippen LogP contribution < -0.4 is 15.0 Å². The Morgan fingerprint density at radius 1 is 1.14 bits per heavy atom. The van der Waals surface area contributed by atoms with Crippen LogP contribution in [0.1, 0.15) is 94.4 Å². The van der Waals surface area contributed by atoms with Crippen LogP contribution in [0.5, 0.6) is 5.75 Å². The predicted octanol–water partition coefficient (Wildman–Crippen LogP) is 8.24. The molecule has 1 saturated heterocycles. The third-order valence-corrected chi connectivity index (χ3v) is 6.74. The van der Waals surface area contributed by atoms with Crippen molar-refractivity contribution in [2.24, 2.45) is 16.3 Å². The highest BCUT2D eigenvalue weighted by Gasteiger charge is 2.26. The average Bonchev–Trinajstić information content (AvgIpc) is 2.92. The topological polar surface area (TPSA) is 62.6 Å². The Morgan fingerprint density at radius 3 is 2.41 bits per heavy atom. The maximum atomic E-state index is 5.59. The third-order valence-electron chi connectivity index (χ3n) is 6.74. The van der Waals surface area contributed by atoms with Crippen molar-refractivity contribution in [2.45, 2.75) is 100 Å². The number of aliphatic imine (C=N–C) groups is 1. The van der Waals surface area contributed by atoms with E-state index in [4.69, 9.17) is 9.72 Å². The zero-order chi connectivity index (χ0) is 27.8. The smallest absolute Gasteiger partial charge is 0.227 e. The van der Waals surface area contributed by atoms with Crippen LogP contribution in [0, 0.1) is 11.3 Å². The van der Waals surface area contributed by atoms with Gasteiger partial charge >= 0.3 is 0 Å². The summed E-state index contributed by atoms with van der Waals surface area (Å²) in [5.41, 5.74) is 2.91. The van der Waals surface area contributed by atoms with Crippen LogP contribution in [0.15, 0.2) is 46.8 Å². The highest BCUT2D eigenvalue weighted by molar-refractivity contribution is 5.55. The third kappa shape index (κ3) is 10.3. The van der Waals surface area contributed by atoms with Gasteiger partial charge in [-0.1, -0.05) is 77.8 Å². The van der Waals surface area contributed by atoms with Crippen molar-refractivity contribution in [3.05, 3.63) is 41.8 Å². The van der Waals surface area contributed by atoms with Gasteiger partial charge < -0.3 is 15.0 Å². The van der Waals surface area contributed by atoms with E-state index in [1.807, 2.05) is 47.0 Å². The quantitative estimate of drug-likeness (QED) is 0.356. The Balaban J connectivity index is 0.00000163. The predicted molar refractivity (Wildman–Crippen MR) is 162 cm³/mol. The zero-order valence-corrected chi connectivity index (χ0v) is 25.3. The van der Waals surface area contributed by atoms with Gasteiger partial charge in [-0.2, -0.15) is 4.98 Å². The number of allylic oxidation sites excluding steroid dienone is 3. The summed E-state index contributed by atoms with van der Waals surface area (Å²) in [6, 6.07) is 0.205. The molecule has 1 aliphatic carbocycles. The summed E-state index contributed by atoms with van der Waals surface area (Å²) >= 11 is 0. The van der Waals surface area contributed by atoms with E-state index in [1.54, 1.807) is 13.3 Å². The lowest BCUT2D eigenvalue weighted by Gasteiger charge is -2.33. The van der Waals surface area contributed by atoms with Crippen molar-refractivity contribution < 1.29 is 4.74 Å². The first-order valence-electron chi connectivity index (χ1n) is 14.2. The first-order chi connectivity index (χ1) is 17.8. The van der Waals surface area contributed by atoms with Gasteiger partial charge in [-0.3, -0.25) is 4.99 Å². The number of piperidine rings is 1. The van der Waals surface area contributed by atoms with Gasteiger partial charge in [0.05, 0.1) is 19.3 Å². The first kappa shape index (κ1) is 32.4. The van der Waals surface area contributed by atoms with Gasteiger partial charge in [0.15, 0.2) is 11.6 Å². The average molecular weight is 512 g/mol. The van der Waals surface area contributed by atoms with Crippen LogP contribution in [0.25, 0.3) is 0 Å². The van der Waals surface area contributed by atoms with Crippen molar-refractivity contribution in [1.29, 1.82) is 0 Å². The highest BCUT2D eigenvalue weighted by atomic mass is 16.5. The van der Waals surface area contributed by atoms with E-state index in [-0.39, 0.29) is 11.5 Å². The second-order valence-corrected chi connectivity index (χ2v) is 10.1. The van der Waals surface area contributed by atoms with Crippen molar-refractivity contribution in [3.8, 4) is 5.75 Å². The molecule has 3 rings (SSSR count). The molecule has 2 heterocycles. The normalized spacial score (nSPS) is 18.4. The molecule has 0 bridgehead atoms. The fraction of sp³-hybridized carbons (Fsp3) is 0.645. The number of nitrogens with zero attached hydrogens (tertiary/aromatic N) is 4. The number of methoxy groups -OCH3 is 1. The largest absolute Gasteiger partial charge is 0.491 e. The molecular weight excluding hydrogens is 458 g/mol. The van der Waals surface area contributed by atoms with E-state index in [9.17, 15) is 0 Å². The van der Waals surface area contributed by atoms with E-state index in [2.05, 4.69) is 66.1 Å². The summed E-state index contributed by atoms with van der Waals surface area (Å²) < 4.78 is 5.59. The second-order valence-electron chi connectivity index (χ2n) is 10.1. The van der Waals surface area contributed by atoms with Crippen LogP contribution in [-0.2, 0) is 0 Å². The second kappa shape index (κ2) is 17.0. The number of nitrogens with one attached hydrogen (secondary N) is 1. The van der Waals surface area contributed by atoms with Crippen molar-refractivity contribution >= 4 is 18.0 Å². The molecule has 6 nitrogen and oxygen atoms in total. The number of rotatable bonds is 8. The first-order valence-corrected chi connectivity index (χ1v) is 14.2. The van der Waals surface area contributed by atoms with Crippen LogP contribution in [-0.4, -0.2) is 42.4 Å². The standard InChI is InChI=1S/C27H41N5O.2C2H6/c1-7-28-15-9-8-10-21-13-16-32(17-14-21)26-29-19-24(33-6)25(31-26)30-23-18-22(27(3,4)5)12-11-20(23)2;2*1-2/h7,9,11-12,15,19,21,23H,8,10,13-14,16-18H2,1-6H3,(H,29,30,31);2*1-2H3/b15-9-,28-7?;;. The van der Waals surface area contributed by atoms with E-state index in [1.165, 1.54) is 30.4 Å². The molecule has 0 amide bonds. The Hall–Kier alpha value is -2.63. The van der Waals surface area contributed by atoms with Crippen LogP contribution >= 0.6 is 0 Å². The fourth-order valence-electron chi connectivity index (χ4n) is 4.42. The lowest BCUT2D eigenvalue weighted by molar-refractivity contribution is 0.380. The Bertz CT molecular complexity index is 903. The van der Waals surface area contributed by atoms with E-state index >= 15 is 0 Å². The summed E-state index contributed by atoms with van der Waals surface area (Å²) in [4.78, 5) is 16.0. The maximum Gasteiger partial charge on any atom is 0.227 e. The molecule has 1 aromatic heterocycles. The minimum atomic E-state index is 0.154. The van der Waals surface area contributed by atoms with Crippen LogP contribution in [0.2, 0.25) is 0 Å². The van der Waals surface area contributed by atoms with Gasteiger partial charge in [0.2, 0.25) is 5.95 Å². The summed E-state index contributed by atoms with van der Waals surface area (Å²) in [6.45, 7) is 20.9. The van der Waals surface area contributed by atoms with Crippen LogP contribution in [0.4, 0.5) is 11.8 Å². The van der Waals surface area contributed by atoms with Gasteiger partial charge in [-0.25, -0.2) is 4.98 Å². The van der Waals surface area contributed by atoms with Gasteiger partial charge in [0, 0.05) is 25.5 Å². The van der Waals surface area contributed by atoms with Crippen molar-refractivity contribution in [3.63, 3.8) is 0 Å². The Morgan fingerprint density at radius 2 is 1.81 bits per heavy atom. The summed E-state index contributed by atoms with van der Waals surface area (Å²) in [7, 11) is 1.68. The summed E-state index contributed by atoms with van der Waals surface area (Å²) in [6.07, 6.45) is 17.8. The molecule has 6 heteroatoms. The van der Waals surface area contributed by atoms with Crippen LogP contribution in [0.3, 0.4) is 0 Å². The molecule has 208 valence electrons. The minimum absolute atomic E-state index is 0.154. The molecule has 37 heavy (non-hydrogen) atoms. The minimum Gasteiger partial charge on any atom is -0.491 e. The SMILES string of the molecule is CC.CC.CC=N/C=C\CCC1CCN(c2ncc(OC)c(NC3CC(C(C)(C)C)=CC=C3C)n2)CC1. The summed E-state index contributed by atoms with van der Waals surface area (Å²) in [5.74, 6) is 3.01. The fourth-order valence-corrected chi connectivity index (χ4v) is 4.42. The lowest BCUT2D eigenvalue weighted by atomic mass is 9.79. The van der Waals surface area contributed by atoms with E-state index < -0.39 is 0 Å². The molecule has 1 aromatic rings. The maximum absolute atomic E-state index is 5.59. The van der Waals surface area contributed by atoms with Gasteiger partial charge in [-0.05, 0) is 57.3 Å². The Kier molecular flexibility index (Phi) is 14.9. The molecule has 1 N–H and O–H groups in total. The lowest BCUT2D eigenvalue weighted by Crippen LogP contribution is -2.35. The molecule has 1 fully saturated rings. The molecule has 1 aliphatic heterocycles. The number of aromatic nitrogens is 2. The molecule has 1 atom stereocenters. The molecule has 1 unspecified atom stereocenters. The van der Waals surface area contributed by atoms with Gasteiger partial charge in [0.25, 0.3) is 0 Å². The van der Waals surface area contributed by atoms with Crippen molar-refractivity contribution in [1.82, 2.24) is 9.97 Å². The van der Waals surface area contributed by atoms with Gasteiger partial charge in [-0.15, -0.1) is 0 Å². The monoisotopic (exact) mass is 511 g/mol. The molecule has 0 aromatic carbocycles. The number of hydrogen-bond acceptors (Lipinski definition) is 6. The van der Waals surface area contributed by atoms with E-state index in [0.717, 1.165) is 43.6 Å². The number of ether oxygens (including phenoxy) is 1. The molecule has 0 saturated carbocycles. The highest BCUT2D eigenvalue weighted by Crippen LogP contribution is 2.35. The molecule has 0 radical (unpaired) electrons. The Labute approximate surface area is 227 Å². The van der Waals surface area contributed by atoms with E-state index in [0.29, 0.717) is 5.75 Å². The number of hydrogen-bond donors (Lipinski definition) is 1. The zero-order valence-electron chi connectivity index (χ0n) is 25.3.